The van der Waals surface area contributed by atoms with Crippen LogP contribution in [0.25, 0.3) is 0 Å². The van der Waals surface area contributed by atoms with Gasteiger partial charge in [-0.25, -0.2) is 0 Å². The summed E-state index contributed by atoms with van der Waals surface area (Å²) in [5.74, 6) is -0.358. The molecule has 0 aliphatic rings. The van der Waals surface area contributed by atoms with Crippen molar-refractivity contribution in [2.75, 3.05) is 12.4 Å². The molecule has 0 aliphatic carbocycles. The van der Waals surface area contributed by atoms with Gasteiger partial charge in [0.25, 0.3) is 10.1 Å². The summed E-state index contributed by atoms with van der Waals surface area (Å²) in [5, 5.41) is 8.05. The molecule has 1 aromatic heterocycles. The maximum absolute atomic E-state index is 9.83. The Hall–Kier alpha value is 0.0200. The van der Waals surface area contributed by atoms with Crippen LogP contribution >= 0.6 is 0 Å². The van der Waals surface area contributed by atoms with E-state index in [1.54, 1.807) is 12.4 Å². The first kappa shape index (κ1) is 17.4. The van der Waals surface area contributed by atoms with Crippen LogP contribution in [0.1, 0.15) is 6.42 Å². The number of aromatic nitrogens is 1. The fourth-order valence-corrected chi connectivity index (χ4v) is 1.05. The third kappa shape index (κ3) is 16.7. The van der Waals surface area contributed by atoms with Crippen LogP contribution in [0.5, 0.6) is 0 Å². The number of rotatable bonds is 3. The summed E-state index contributed by atoms with van der Waals surface area (Å²) in [4.78, 5) is 3.78. The molecule has 15 heavy (non-hydrogen) atoms. The summed E-state index contributed by atoms with van der Waals surface area (Å²) in [6.07, 6.45) is 3.60. The van der Waals surface area contributed by atoms with Crippen LogP contribution in [0.4, 0.5) is 0 Å². The molecule has 7 heteroatoms. The molecule has 5 nitrogen and oxygen atoms in total. The minimum atomic E-state index is -3.85. The molecular weight excluding hydrogens is 229 g/mol. The second-order valence-electron chi connectivity index (χ2n) is 2.39. The van der Waals surface area contributed by atoms with Gasteiger partial charge in [-0.05, 0) is 18.6 Å². The normalized spacial score (nSPS) is 9.47. The summed E-state index contributed by atoms with van der Waals surface area (Å²) in [6.45, 7) is -0.209. The first-order valence-electron chi connectivity index (χ1n) is 3.97. The van der Waals surface area contributed by atoms with Crippen molar-refractivity contribution in [1.29, 1.82) is 0 Å². The molecule has 0 amide bonds. The maximum atomic E-state index is 9.83. The van der Waals surface area contributed by atoms with Crippen LogP contribution in [0, 0.1) is 0 Å². The molecule has 0 saturated heterocycles. The smallest absolute Gasteiger partial charge is 0.0267 e. The molecular formula is C8H14NNaO4S. The van der Waals surface area contributed by atoms with Gasteiger partial charge in [-0.3, -0.25) is 9.54 Å². The van der Waals surface area contributed by atoms with Gasteiger partial charge in [0.2, 0.25) is 0 Å². The van der Waals surface area contributed by atoms with E-state index in [0.717, 1.165) is 0 Å². The van der Waals surface area contributed by atoms with Gasteiger partial charge < -0.3 is 5.11 Å². The van der Waals surface area contributed by atoms with Crippen LogP contribution in [0.3, 0.4) is 0 Å². The van der Waals surface area contributed by atoms with E-state index >= 15 is 0 Å². The Kier molecular flexibility index (Phi) is 12.2. The first-order valence-corrected chi connectivity index (χ1v) is 5.58. The second kappa shape index (κ2) is 10.5. The molecule has 0 fully saturated rings. The minimum absolute atomic E-state index is 0. The third-order valence-corrected chi connectivity index (χ3v) is 1.93. The van der Waals surface area contributed by atoms with Crippen LogP contribution in [-0.2, 0) is 10.1 Å². The molecule has 2 N–H and O–H groups in total. The minimum Gasteiger partial charge on any atom is -0.265 e. The Balaban J connectivity index is 0. The van der Waals surface area contributed by atoms with Crippen molar-refractivity contribution in [1.82, 2.24) is 4.98 Å². The molecule has 1 rings (SSSR count). The van der Waals surface area contributed by atoms with Crippen molar-refractivity contribution in [3.8, 4) is 0 Å². The van der Waals surface area contributed by atoms with E-state index in [0.29, 0.717) is 0 Å². The predicted molar refractivity (Wildman–Crippen MR) is 59.5 cm³/mol. The molecule has 0 saturated carbocycles. The molecule has 0 spiro atoms. The molecule has 1 aromatic rings. The zero-order valence-electron chi connectivity index (χ0n) is 7.57. The molecule has 0 atom stereocenters. The van der Waals surface area contributed by atoms with Crippen LogP contribution < -0.4 is 0 Å². The van der Waals surface area contributed by atoms with E-state index in [2.05, 4.69) is 4.98 Å². The van der Waals surface area contributed by atoms with Crippen molar-refractivity contribution in [2.45, 2.75) is 6.42 Å². The quantitative estimate of drug-likeness (QED) is 0.561. The number of hydrogen-bond donors (Lipinski definition) is 2. The van der Waals surface area contributed by atoms with Crippen molar-refractivity contribution < 1.29 is 18.1 Å². The zero-order chi connectivity index (χ0) is 10.9. The fourth-order valence-electron chi connectivity index (χ4n) is 0.560. The van der Waals surface area contributed by atoms with Crippen molar-refractivity contribution in [2.24, 2.45) is 0 Å². The van der Waals surface area contributed by atoms with Gasteiger partial charge >= 0.3 is 29.6 Å². The Labute approximate surface area is 112 Å². The third-order valence-electron chi connectivity index (χ3n) is 1.13. The predicted octanol–water partition coefficient (Wildman–Crippen LogP) is -0.310. The molecule has 0 aliphatic heterocycles. The number of hydrogen-bond acceptors (Lipinski definition) is 4. The Bertz CT molecular complexity index is 290. The van der Waals surface area contributed by atoms with E-state index in [1.807, 2.05) is 18.2 Å². The fraction of sp³-hybridized carbons (Fsp3) is 0.375. The molecule has 82 valence electrons. The zero-order valence-corrected chi connectivity index (χ0v) is 8.39. The van der Waals surface area contributed by atoms with Crippen LogP contribution in [0.2, 0.25) is 0 Å². The van der Waals surface area contributed by atoms with E-state index in [1.165, 1.54) is 0 Å². The van der Waals surface area contributed by atoms with E-state index < -0.39 is 10.1 Å². The monoisotopic (exact) mass is 243 g/mol. The SMILES string of the molecule is O=S(=O)(O)CCCO.[NaH].c1ccncc1. The number of nitrogens with zero attached hydrogens (tertiary/aromatic N) is 1. The van der Waals surface area contributed by atoms with Gasteiger partial charge in [-0.1, -0.05) is 6.07 Å². The van der Waals surface area contributed by atoms with Gasteiger partial charge in [0.1, 0.15) is 0 Å². The Morgan fingerprint density at radius 1 is 1.13 bits per heavy atom. The molecule has 0 aromatic carbocycles. The molecule has 0 radical (unpaired) electrons. The van der Waals surface area contributed by atoms with Gasteiger partial charge in [-0.15, -0.1) is 0 Å². The first-order chi connectivity index (χ1) is 6.56. The summed E-state index contributed by atoms with van der Waals surface area (Å²) in [5.41, 5.74) is 0. The summed E-state index contributed by atoms with van der Waals surface area (Å²) < 4.78 is 27.7. The van der Waals surface area contributed by atoms with E-state index in [4.69, 9.17) is 9.66 Å². The molecule has 0 unspecified atom stereocenters. The van der Waals surface area contributed by atoms with Crippen molar-refractivity contribution >= 4 is 39.7 Å². The van der Waals surface area contributed by atoms with Crippen molar-refractivity contribution in [3.05, 3.63) is 30.6 Å². The van der Waals surface area contributed by atoms with Gasteiger partial charge in [0.15, 0.2) is 0 Å². The average Bonchev–Trinajstić information content (AvgIpc) is 2.17. The van der Waals surface area contributed by atoms with E-state index in [-0.39, 0.29) is 48.3 Å². The summed E-state index contributed by atoms with van der Waals surface area (Å²) >= 11 is 0. The van der Waals surface area contributed by atoms with Gasteiger partial charge in [0, 0.05) is 19.0 Å². The summed E-state index contributed by atoms with van der Waals surface area (Å²) in [7, 11) is -3.85. The topological polar surface area (TPSA) is 87.5 Å². The average molecular weight is 243 g/mol. The number of pyridine rings is 1. The summed E-state index contributed by atoms with van der Waals surface area (Å²) in [6, 6.07) is 5.72. The maximum Gasteiger partial charge on any atom is 0.0267 e. The Morgan fingerprint density at radius 2 is 1.67 bits per heavy atom. The number of aliphatic hydroxyl groups excluding tert-OH is 1. The van der Waals surface area contributed by atoms with Gasteiger partial charge in [0.05, 0.1) is 5.75 Å². The Morgan fingerprint density at radius 3 is 1.80 bits per heavy atom. The standard InChI is InChI=1S/C5H5N.C3H8O4S.Na.H/c1-2-4-6-5-3-1;4-2-1-3-8(5,6)7;;/h1-5H;4H,1-3H2,(H,5,6,7);;. The van der Waals surface area contributed by atoms with Crippen molar-refractivity contribution in [3.63, 3.8) is 0 Å². The number of aliphatic hydroxyl groups is 1. The van der Waals surface area contributed by atoms with Crippen LogP contribution in [-0.4, -0.2) is 65.0 Å². The molecule has 1 heterocycles. The van der Waals surface area contributed by atoms with E-state index in [9.17, 15) is 8.42 Å². The van der Waals surface area contributed by atoms with Crippen LogP contribution in [0.15, 0.2) is 30.6 Å². The second-order valence-corrected chi connectivity index (χ2v) is 3.96. The van der Waals surface area contributed by atoms with Gasteiger partial charge in [-0.2, -0.15) is 8.42 Å². The molecule has 0 bridgehead atoms. The largest absolute Gasteiger partial charge is 0.265 e.